The van der Waals surface area contributed by atoms with Crippen LogP contribution in [0.25, 0.3) is 0 Å². The highest BCUT2D eigenvalue weighted by Gasteiger charge is 2.27. The molecule has 1 atom stereocenters. The Morgan fingerprint density at radius 2 is 2.24 bits per heavy atom. The van der Waals surface area contributed by atoms with Crippen LogP contribution in [0.3, 0.4) is 0 Å². The fraction of sp³-hybridized carbons (Fsp3) is 0.500. The van der Waals surface area contributed by atoms with Gasteiger partial charge in [0, 0.05) is 19.2 Å². The minimum Gasteiger partial charge on any atom is -0.472 e. The predicted octanol–water partition coefficient (Wildman–Crippen LogP) is 1.80. The second-order valence-electron chi connectivity index (χ2n) is 4.45. The average molecular weight is 254 g/mol. The first-order chi connectivity index (χ1) is 7.93. The molecule has 0 saturated carbocycles. The van der Waals surface area contributed by atoms with Gasteiger partial charge in [0.2, 0.25) is 5.91 Å². The summed E-state index contributed by atoms with van der Waals surface area (Å²) in [6.45, 7) is 4.38. The third kappa shape index (κ3) is 3.56. The van der Waals surface area contributed by atoms with Crippen molar-refractivity contribution in [1.29, 1.82) is 0 Å². The Labute approximate surface area is 107 Å². The molecule has 0 radical (unpaired) electrons. The molecule has 1 unspecified atom stereocenters. The molecule has 1 heterocycles. The quantitative estimate of drug-likeness (QED) is 0.814. The van der Waals surface area contributed by atoms with Crippen LogP contribution in [0.2, 0.25) is 0 Å². The summed E-state index contributed by atoms with van der Waals surface area (Å²) in [6, 6.07) is 1.83. The van der Waals surface area contributed by atoms with Crippen LogP contribution in [0, 0.1) is 11.8 Å². The largest absolute Gasteiger partial charge is 0.472 e. The maximum atomic E-state index is 12.2. The fourth-order valence-electron chi connectivity index (χ4n) is 1.71. The Balaban J connectivity index is 2.70. The van der Waals surface area contributed by atoms with E-state index in [4.69, 9.17) is 22.4 Å². The monoisotopic (exact) mass is 254 g/mol. The minimum atomic E-state index is -0.401. The van der Waals surface area contributed by atoms with Gasteiger partial charge in [-0.15, -0.1) is 0 Å². The Hall–Kier alpha value is -1.36. The molecule has 5 heteroatoms. The van der Waals surface area contributed by atoms with Gasteiger partial charge in [-0.3, -0.25) is 4.79 Å². The van der Waals surface area contributed by atoms with Crippen molar-refractivity contribution in [2.24, 2.45) is 17.6 Å². The van der Waals surface area contributed by atoms with Crippen LogP contribution in [0.5, 0.6) is 0 Å². The molecule has 0 bridgehead atoms. The van der Waals surface area contributed by atoms with E-state index in [0.29, 0.717) is 6.54 Å². The first kappa shape index (κ1) is 13.7. The van der Waals surface area contributed by atoms with E-state index in [2.05, 4.69) is 0 Å². The van der Waals surface area contributed by atoms with Crippen LogP contribution in [-0.4, -0.2) is 22.8 Å². The van der Waals surface area contributed by atoms with Crippen molar-refractivity contribution < 1.29 is 9.21 Å². The zero-order valence-corrected chi connectivity index (χ0v) is 11.2. The molecular weight excluding hydrogens is 236 g/mol. The molecule has 1 aromatic heterocycles. The lowest BCUT2D eigenvalue weighted by Gasteiger charge is -2.25. The zero-order chi connectivity index (χ0) is 13.0. The van der Waals surface area contributed by atoms with Crippen LogP contribution in [0.15, 0.2) is 23.0 Å². The Kier molecular flexibility index (Phi) is 4.69. The highest BCUT2D eigenvalue weighted by molar-refractivity contribution is 7.80. The molecule has 1 aromatic rings. The molecule has 17 heavy (non-hydrogen) atoms. The topological polar surface area (TPSA) is 59.5 Å². The van der Waals surface area contributed by atoms with Crippen molar-refractivity contribution in [2.45, 2.75) is 20.4 Å². The van der Waals surface area contributed by atoms with E-state index in [1.54, 1.807) is 24.5 Å². The van der Waals surface area contributed by atoms with Crippen LogP contribution < -0.4 is 5.73 Å². The van der Waals surface area contributed by atoms with Crippen LogP contribution in [-0.2, 0) is 11.3 Å². The number of furan rings is 1. The molecule has 0 aliphatic rings. The second-order valence-corrected chi connectivity index (χ2v) is 4.92. The smallest absolute Gasteiger partial charge is 0.232 e. The van der Waals surface area contributed by atoms with Crippen molar-refractivity contribution in [3.63, 3.8) is 0 Å². The normalized spacial score (nSPS) is 12.5. The van der Waals surface area contributed by atoms with E-state index in [1.807, 2.05) is 19.9 Å². The predicted molar refractivity (Wildman–Crippen MR) is 70.3 cm³/mol. The van der Waals surface area contributed by atoms with Gasteiger partial charge in [-0.25, -0.2) is 0 Å². The summed E-state index contributed by atoms with van der Waals surface area (Å²) in [5.41, 5.74) is 6.57. The molecule has 0 saturated heterocycles. The zero-order valence-electron chi connectivity index (χ0n) is 10.3. The highest BCUT2D eigenvalue weighted by atomic mass is 32.1. The molecule has 2 N–H and O–H groups in total. The molecule has 1 rings (SSSR count). The van der Waals surface area contributed by atoms with Gasteiger partial charge in [-0.05, 0) is 12.0 Å². The van der Waals surface area contributed by atoms with Crippen molar-refractivity contribution in [2.75, 3.05) is 7.05 Å². The molecular formula is C12H18N2O2S. The Morgan fingerprint density at radius 3 is 2.65 bits per heavy atom. The van der Waals surface area contributed by atoms with Gasteiger partial charge >= 0.3 is 0 Å². The molecule has 0 spiro atoms. The summed E-state index contributed by atoms with van der Waals surface area (Å²) in [7, 11) is 1.74. The third-order valence-electron chi connectivity index (χ3n) is 2.62. The van der Waals surface area contributed by atoms with Crippen LogP contribution >= 0.6 is 12.2 Å². The summed E-state index contributed by atoms with van der Waals surface area (Å²) in [5, 5.41) is 0. The number of nitrogens with two attached hydrogens (primary N) is 1. The van der Waals surface area contributed by atoms with E-state index < -0.39 is 5.92 Å². The van der Waals surface area contributed by atoms with Gasteiger partial charge < -0.3 is 15.1 Å². The molecule has 0 aliphatic carbocycles. The fourth-order valence-corrected chi connectivity index (χ4v) is 2.08. The van der Waals surface area contributed by atoms with E-state index in [9.17, 15) is 4.79 Å². The van der Waals surface area contributed by atoms with Gasteiger partial charge in [0.1, 0.15) is 0 Å². The summed E-state index contributed by atoms with van der Waals surface area (Å²) >= 11 is 4.95. The Morgan fingerprint density at radius 1 is 1.59 bits per heavy atom. The van der Waals surface area contributed by atoms with Crippen LogP contribution in [0.4, 0.5) is 0 Å². The first-order valence-corrected chi connectivity index (χ1v) is 5.89. The lowest BCUT2D eigenvalue weighted by molar-refractivity contribution is -0.133. The number of nitrogens with zero attached hydrogens (tertiary/aromatic N) is 1. The highest BCUT2D eigenvalue weighted by Crippen LogP contribution is 2.16. The number of thiocarbonyl (C=S) groups is 1. The van der Waals surface area contributed by atoms with Crippen molar-refractivity contribution in [3.05, 3.63) is 24.2 Å². The number of hydrogen-bond donors (Lipinski definition) is 1. The van der Waals surface area contributed by atoms with Gasteiger partial charge in [0.15, 0.2) is 0 Å². The number of amides is 1. The number of carbonyl (C=O) groups is 1. The van der Waals surface area contributed by atoms with E-state index >= 15 is 0 Å². The lowest BCUT2D eigenvalue weighted by Crippen LogP contribution is -2.41. The maximum absolute atomic E-state index is 12.2. The summed E-state index contributed by atoms with van der Waals surface area (Å²) in [5.74, 6) is -0.345. The number of carbonyl (C=O) groups excluding carboxylic acids is 1. The van der Waals surface area contributed by atoms with E-state index in [1.165, 1.54) is 0 Å². The summed E-state index contributed by atoms with van der Waals surface area (Å²) < 4.78 is 4.96. The lowest BCUT2D eigenvalue weighted by atomic mass is 9.94. The van der Waals surface area contributed by atoms with E-state index in [0.717, 1.165) is 5.56 Å². The summed E-state index contributed by atoms with van der Waals surface area (Å²) in [4.78, 5) is 14.1. The third-order valence-corrected chi connectivity index (χ3v) is 2.87. The molecule has 94 valence electrons. The van der Waals surface area contributed by atoms with Crippen LogP contribution in [0.1, 0.15) is 19.4 Å². The standard InChI is InChI=1S/C12H18N2O2S/c1-8(2)10(11(13)17)12(15)14(3)6-9-4-5-16-7-9/h4-5,7-8,10H,6H2,1-3H3,(H2,13,17). The van der Waals surface area contributed by atoms with Gasteiger partial charge in [0.25, 0.3) is 0 Å². The second kappa shape index (κ2) is 5.82. The molecule has 1 amide bonds. The van der Waals surface area contributed by atoms with Crippen molar-refractivity contribution in [1.82, 2.24) is 4.90 Å². The van der Waals surface area contributed by atoms with Gasteiger partial charge in [-0.2, -0.15) is 0 Å². The number of rotatable bonds is 5. The van der Waals surface area contributed by atoms with Crippen molar-refractivity contribution >= 4 is 23.1 Å². The van der Waals surface area contributed by atoms with Gasteiger partial charge in [-0.1, -0.05) is 26.1 Å². The maximum Gasteiger partial charge on any atom is 0.232 e. The molecule has 0 fully saturated rings. The SMILES string of the molecule is CC(C)C(C(=O)N(C)Cc1ccoc1)C(N)=S. The Bertz CT molecular complexity index is 387. The van der Waals surface area contributed by atoms with Crippen molar-refractivity contribution in [3.8, 4) is 0 Å². The molecule has 4 nitrogen and oxygen atoms in total. The first-order valence-electron chi connectivity index (χ1n) is 5.48. The minimum absolute atomic E-state index is 0.0475. The van der Waals surface area contributed by atoms with E-state index in [-0.39, 0.29) is 16.8 Å². The average Bonchev–Trinajstić information content (AvgIpc) is 2.68. The van der Waals surface area contributed by atoms with Gasteiger partial charge in [0.05, 0.1) is 23.4 Å². The summed E-state index contributed by atoms with van der Waals surface area (Å²) in [6.07, 6.45) is 3.20. The number of hydrogen-bond acceptors (Lipinski definition) is 3. The molecule has 0 aromatic carbocycles. The molecule has 0 aliphatic heterocycles.